The predicted octanol–water partition coefficient (Wildman–Crippen LogP) is 3.80. The Labute approximate surface area is 96.1 Å². The van der Waals surface area contributed by atoms with E-state index in [0.717, 1.165) is 22.2 Å². The SMILES string of the molecule is CC(C)CCc1cc(Br)sc1C(=O)O. The van der Waals surface area contributed by atoms with Crippen LogP contribution in [-0.4, -0.2) is 11.1 Å². The molecule has 0 amide bonds. The molecule has 78 valence electrons. The molecule has 0 saturated carbocycles. The van der Waals surface area contributed by atoms with E-state index in [1.165, 1.54) is 11.3 Å². The van der Waals surface area contributed by atoms with Crippen molar-refractivity contribution in [2.75, 3.05) is 0 Å². The lowest BCUT2D eigenvalue weighted by molar-refractivity contribution is 0.0701. The molecule has 0 saturated heterocycles. The molecule has 0 spiro atoms. The lowest BCUT2D eigenvalue weighted by atomic mass is 10.0. The summed E-state index contributed by atoms with van der Waals surface area (Å²) in [5.41, 5.74) is 0.947. The van der Waals surface area contributed by atoms with Crippen molar-refractivity contribution < 1.29 is 9.90 Å². The second-order valence-electron chi connectivity index (χ2n) is 3.64. The number of halogens is 1. The second kappa shape index (κ2) is 4.94. The Morgan fingerprint density at radius 3 is 2.79 bits per heavy atom. The zero-order valence-electron chi connectivity index (χ0n) is 8.21. The van der Waals surface area contributed by atoms with Gasteiger partial charge in [-0.25, -0.2) is 4.79 Å². The minimum Gasteiger partial charge on any atom is -0.477 e. The van der Waals surface area contributed by atoms with Crippen molar-refractivity contribution in [1.82, 2.24) is 0 Å². The van der Waals surface area contributed by atoms with E-state index in [4.69, 9.17) is 5.11 Å². The molecule has 14 heavy (non-hydrogen) atoms. The van der Waals surface area contributed by atoms with E-state index in [1.54, 1.807) is 0 Å². The number of aryl methyl sites for hydroxylation is 1. The summed E-state index contributed by atoms with van der Waals surface area (Å²) in [6.45, 7) is 4.28. The summed E-state index contributed by atoms with van der Waals surface area (Å²) in [6.07, 6.45) is 1.88. The molecule has 0 unspecified atom stereocenters. The highest BCUT2D eigenvalue weighted by Gasteiger charge is 2.14. The Morgan fingerprint density at radius 2 is 2.29 bits per heavy atom. The number of carboxylic acids is 1. The summed E-state index contributed by atoms with van der Waals surface area (Å²) in [7, 11) is 0. The number of rotatable bonds is 4. The van der Waals surface area contributed by atoms with E-state index in [2.05, 4.69) is 29.8 Å². The van der Waals surface area contributed by atoms with Crippen LogP contribution in [0.15, 0.2) is 9.85 Å². The highest BCUT2D eigenvalue weighted by molar-refractivity contribution is 9.11. The largest absolute Gasteiger partial charge is 0.477 e. The van der Waals surface area contributed by atoms with E-state index in [9.17, 15) is 4.79 Å². The minimum atomic E-state index is -0.820. The predicted molar refractivity (Wildman–Crippen MR) is 62.1 cm³/mol. The first-order valence-corrected chi connectivity index (χ1v) is 6.13. The first kappa shape index (κ1) is 11.7. The quantitative estimate of drug-likeness (QED) is 0.908. The van der Waals surface area contributed by atoms with Crippen LogP contribution in [0.25, 0.3) is 0 Å². The Morgan fingerprint density at radius 1 is 1.64 bits per heavy atom. The van der Waals surface area contributed by atoms with Gasteiger partial charge in [-0.2, -0.15) is 0 Å². The first-order chi connectivity index (χ1) is 6.50. The summed E-state index contributed by atoms with van der Waals surface area (Å²) in [5, 5.41) is 8.93. The lowest BCUT2D eigenvalue weighted by Gasteiger charge is -2.03. The average Bonchev–Trinajstić information content (AvgIpc) is 2.43. The maximum atomic E-state index is 10.9. The summed E-state index contributed by atoms with van der Waals surface area (Å²) < 4.78 is 0.897. The monoisotopic (exact) mass is 276 g/mol. The number of hydrogen-bond donors (Lipinski definition) is 1. The third-order valence-corrected chi connectivity index (χ3v) is 3.63. The van der Waals surface area contributed by atoms with Gasteiger partial charge in [0.15, 0.2) is 0 Å². The van der Waals surface area contributed by atoms with Gasteiger partial charge in [0.25, 0.3) is 0 Å². The summed E-state index contributed by atoms with van der Waals surface area (Å²) in [5.74, 6) is -0.213. The van der Waals surface area contributed by atoms with E-state index in [0.29, 0.717) is 10.8 Å². The maximum Gasteiger partial charge on any atom is 0.346 e. The molecule has 0 aliphatic rings. The van der Waals surface area contributed by atoms with Crippen LogP contribution in [0.5, 0.6) is 0 Å². The van der Waals surface area contributed by atoms with Crippen molar-refractivity contribution in [3.8, 4) is 0 Å². The molecule has 0 fully saturated rings. The average molecular weight is 277 g/mol. The number of thiophene rings is 1. The van der Waals surface area contributed by atoms with Crippen molar-refractivity contribution in [3.05, 3.63) is 20.3 Å². The lowest BCUT2D eigenvalue weighted by Crippen LogP contribution is -1.99. The van der Waals surface area contributed by atoms with Crippen LogP contribution in [0.1, 0.15) is 35.5 Å². The van der Waals surface area contributed by atoms with Gasteiger partial charge in [0, 0.05) is 0 Å². The highest BCUT2D eigenvalue weighted by Crippen LogP contribution is 2.28. The van der Waals surface area contributed by atoms with Crippen LogP contribution >= 0.6 is 27.3 Å². The third kappa shape index (κ3) is 3.10. The van der Waals surface area contributed by atoms with Crippen LogP contribution in [0.2, 0.25) is 0 Å². The van der Waals surface area contributed by atoms with Gasteiger partial charge in [-0.3, -0.25) is 0 Å². The van der Waals surface area contributed by atoms with Crippen molar-refractivity contribution in [1.29, 1.82) is 0 Å². The van der Waals surface area contributed by atoms with Gasteiger partial charge < -0.3 is 5.11 Å². The van der Waals surface area contributed by atoms with Crippen molar-refractivity contribution in [3.63, 3.8) is 0 Å². The Hall–Kier alpha value is -0.350. The molecule has 1 heterocycles. The molecule has 0 radical (unpaired) electrons. The van der Waals surface area contributed by atoms with E-state index in [-0.39, 0.29) is 0 Å². The molecule has 0 aliphatic carbocycles. The van der Waals surface area contributed by atoms with E-state index < -0.39 is 5.97 Å². The topological polar surface area (TPSA) is 37.3 Å². The van der Waals surface area contributed by atoms with Crippen LogP contribution < -0.4 is 0 Å². The summed E-state index contributed by atoms with van der Waals surface area (Å²) in [4.78, 5) is 11.3. The van der Waals surface area contributed by atoms with Gasteiger partial charge in [-0.15, -0.1) is 11.3 Å². The second-order valence-corrected chi connectivity index (χ2v) is 6.07. The molecule has 1 aromatic heterocycles. The first-order valence-electron chi connectivity index (χ1n) is 4.52. The summed E-state index contributed by atoms with van der Waals surface area (Å²) >= 11 is 4.60. The Bertz CT molecular complexity index is 331. The smallest absolute Gasteiger partial charge is 0.346 e. The fourth-order valence-corrected chi connectivity index (χ4v) is 2.74. The van der Waals surface area contributed by atoms with Gasteiger partial charge in [0.05, 0.1) is 3.79 Å². The minimum absolute atomic E-state index is 0.470. The van der Waals surface area contributed by atoms with Gasteiger partial charge in [-0.1, -0.05) is 13.8 Å². The molecule has 0 bridgehead atoms. The van der Waals surface area contributed by atoms with E-state index in [1.807, 2.05) is 6.07 Å². The normalized spacial score (nSPS) is 10.9. The standard InChI is InChI=1S/C10H13BrO2S/c1-6(2)3-4-7-5-8(11)14-9(7)10(12)13/h5-6H,3-4H2,1-2H3,(H,12,13). The maximum absolute atomic E-state index is 10.9. The van der Waals surface area contributed by atoms with Crippen LogP contribution in [0.4, 0.5) is 0 Å². The van der Waals surface area contributed by atoms with Gasteiger partial charge >= 0.3 is 5.97 Å². The molecular weight excluding hydrogens is 264 g/mol. The zero-order valence-corrected chi connectivity index (χ0v) is 10.6. The Kier molecular flexibility index (Phi) is 4.13. The number of hydrogen-bond acceptors (Lipinski definition) is 2. The molecule has 2 nitrogen and oxygen atoms in total. The fraction of sp³-hybridized carbons (Fsp3) is 0.500. The van der Waals surface area contributed by atoms with Gasteiger partial charge in [0.2, 0.25) is 0 Å². The van der Waals surface area contributed by atoms with Gasteiger partial charge in [0.1, 0.15) is 4.88 Å². The van der Waals surface area contributed by atoms with Gasteiger partial charge in [-0.05, 0) is 46.3 Å². The highest BCUT2D eigenvalue weighted by atomic mass is 79.9. The van der Waals surface area contributed by atoms with Crippen molar-refractivity contribution in [2.24, 2.45) is 5.92 Å². The Balaban J connectivity index is 2.79. The fourth-order valence-electron chi connectivity index (χ4n) is 1.21. The third-order valence-electron chi connectivity index (χ3n) is 1.96. The molecule has 1 rings (SSSR count). The number of carboxylic acid groups (broad SMARTS) is 1. The zero-order chi connectivity index (χ0) is 10.7. The number of aromatic carboxylic acids is 1. The molecule has 0 atom stereocenters. The van der Waals surface area contributed by atoms with Crippen LogP contribution in [-0.2, 0) is 6.42 Å². The molecule has 0 aliphatic heterocycles. The van der Waals surface area contributed by atoms with E-state index >= 15 is 0 Å². The number of carbonyl (C=O) groups is 1. The molecule has 1 N–H and O–H groups in total. The molecular formula is C10H13BrO2S. The van der Waals surface area contributed by atoms with Crippen LogP contribution in [0, 0.1) is 5.92 Å². The summed E-state index contributed by atoms with van der Waals surface area (Å²) in [6, 6.07) is 1.91. The molecule has 4 heteroatoms. The van der Waals surface area contributed by atoms with Crippen molar-refractivity contribution in [2.45, 2.75) is 26.7 Å². The van der Waals surface area contributed by atoms with Crippen LogP contribution in [0.3, 0.4) is 0 Å². The molecule has 0 aromatic carbocycles. The van der Waals surface area contributed by atoms with Crippen molar-refractivity contribution >= 4 is 33.2 Å². The molecule has 1 aromatic rings.